The molecule has 1 fully saturated rings. The summed E-state index contributed by atoms with van der Waals surface area (Å²) in [6.45, 7) is 16.9. The zero-order valence-electron chi connectivity index (χ0n) is 10.5. The van der Waals surface area contributed by atoms with Gasteiger partial charge in [-0.3, -0.25) is 0 Å². The van der Waals surface area contributed by atoms with Crippen LogP contribution in [-0.4, -0.2) is 0 Å². The second-order valence-electron chi connectivity index (χ2n) is 4.94. The second-order valence-corrected chi connectivity index (χ2v) is 4.94. The van der Waals surface area contributed by atoms with Gasteiger partial charge in [-0.05, 0) is 5.41 Å². The summed E-state index contributed by atoms with van der Waals surface area (Å²) in [5, 5.41) is 0. The monoisotopic (exact) mass is 271 g/mol. The maximum atomic E-state index is 4.31. The quantitative estimate of drug-likeness (QED) is 0.641. The predicted octanol–water partition coefficient (Wildman–Crippen LogP) is 4.65. The molecule has 1 unspecified atom stereocenters. The largest absolute Gasteiger partial charge is 0.343 e. The van der Waals surface area contributed by atoms with Crippen molar-refractivity contribution in [1.29, 1.82) is 0 Å². The standard InChI is InChI=1S/C11H20.C2H6.Y/c1-5-6-11(4)8-7-10(2,3)9-11;1-2;/h1,4-9H2,2-3H3;1-2H3;/q-2;;. The van der Waals surface area contributed by atoms with Crippen LogP contribution >= 0.6 is 0 Å². The van der Waals surface area contributed by atoms with E-state index in [0.717, 1.165) is 6.42 Å². The Morgan fingerprint density at radius 1 is 1.14 bits per heavy atom. The van der Waals surface area contributed by atoms with E-state index in [-0.39, 0.29) is 32.7 Å². The van der Waals surface area contributed by atoms with Gasteiger partial charge in [0.15, 0.2) is 0 Å². The molecular formula is C13H26Y-2. The van der Waals surface area contributed by atoms with Gasteiger partial charge in [-0.1, -0.05) is 47.0 Å². The molecule has 1 saturated carbocycles. The van der Waals surface area contributed by atoms with Crippen molar-refractivity contribution < 1.29 is 32.7 Å². The smallest absolute Gasteiger partial charge is 0 e. The molecule has 0 aromatic heterocycles. The van der Waals surface area contributed by atoms with Crippen molar-refractivity contribution in [2.24, 2.45) is 10.8 Å². The van der Waals surface area contributed by atoms with Crippen molar-refractivity contribution in [2.45, 2.75) is 59.8 Å². The Labute approximate surface area is 117 Å². The molecule has 14 heavy (non-hydrogen) atoms. The summed E-state index contributed by atoms with van der Waals surface area (Å²) in [6.07, 6.45) is 6.18. The van der Waals surface area contributed by atoms with Crippen LogP contribution in [0.5, 0.6) is 0 Å². The first-order valence-electron chi connectivity index (χ1n) is 5.62. The first-order valence-corrected chi connectivity index (χ1v) is 5.62. The fraction of sp³-hybridized carbons (Fsp3) is 0.846. The van der Waals surface area contributed by atoms with E-state index in [1.165, 1.54) is 25.7 Å². The van der Waals surface area contributed by atoms with Crippen LogP contribution < -0.4 is 0 Å². The van der Waals surface area contributed by atoms with Crippen molar-refractivity contribution in [3.63, 3.8) is 0 Å². The summed E-state index contributed by atoms with van der Waals surface area (Å²) in [4.78, 5) is 0. The van der Waals surface area contributed by atoms with Crippen molar-refractivity contribution in [3.8, 4) is 0 Å². The van der Waals surface area contributed by atoms with Crippen LogP contribution in [0.3, 0.4) is 0 Å². The van der Waals surface area contributed by atoms with E-state index >= 15 is 0 Å². The van der Waals surface area contributed by atoms with Gasteiger partial charge in [-0.2, -0.15) is 11.8 Å². The zero-order chi connectivity index (χ0) is 10.5. The fourth-order valence-electron chi connectivity index (χ4n) is 2.38. The third-order valence-electron chi connectivity index (χ3n) is 2.89. The molecule has 0 aromatic rings. The molecule has 0 spiro atoms. The molecule has 0 saturated heterocycles. The molecule has 0 nitrogen and oxygen atoms in total. The van der Waals surface area contributed by atoms with Gasteiger partial charge in [-0.15, -0.1) is 6.42 Å². The molecule has 1 radical (unpaired) electrons. The van der Waals surface area contributed by atoms with Crippen molar-refractivity contribution >= 4 is 0 Å². The van der Waals surface area contributed by atoms with Crippen molar-refractivity contribution in [2.75, 3.05) is 0 Å². The van der Waals surface area contributed by atoms with Gasteiger partial charge in [0.1, 0.15) is 0 Å². The maximum absolute atomic E-state index is 4.31. The van der Waals surface area contributed by atoms with E-state index in [9.17, 15) is 0 Å². The van der Waals surface area contributed by atoms with Crippen LogP contribution in [0, 0.1) is 24.7 Å². The minimum absolute atomic E-state index is 0. The molecule has 1 heteroatoms. The van der Waals surface area contributed by atoms with E-state index in [1.54, 1.807) is 0 Å². The molecule has 0 aliphatic heterocycles. The number of hydrogen-bond donors (Lipinski definition) is 0. The Morgan fingerprint density at radius 2 is 1.64 bits per heavy atom. The predicted molar refractivity (Wildman–Crippen MR) is 61.4 cm³/mol. The molecule has 0 aromatic carbocycles. The second kappa shape index (κ2) is 7.39. The topological polar surface area (TPSA) is 0 Å². The van der Waals surface area contributed by atoms with Gasteiger partial charge in [0.05, 0.1) is 0 Å². The third kappa shape index (κ3) is 5.86. The van der Waals surface area contributed by atoms with Crippen LogP contribution in [0.4, 0.5) is 0 Å². The van der Waals surface area contributed by atoms with E-state index in [1.807, 2.05) is 13.8 Å². The average Bonchev–Trinajstić information content (AvgIpc) is 2.30. The van der Waals surface area contributed by atoms with E-state index in [0.29, 0.717) is 10.8 Å². The summed E-state index contributed by atoms with van der Waals surface area (Å²) in [6, 6.07) is 0. The van der Waals surface area contributed by atoms with Crippen LogP contribution in [0.2, 0.25) is 0 Å². The van der Waals surface area contributed by atoms with Crippen LogP contribution in [0.1, 0.15) is 59.8 Å². The molecule has 0 N–H and O–H groups in total. The molecule has 0 bridgehead atoms. The molecule has 1 rings (SSSR count). The van der Waals surface area contributed by atoms with Crippen molar-refractivity contribution in [3.05, 3.63) is 13.8 Å². The summed E-state index contributed by atoms with van der Waals surface area (Å²) in [7, 11) is 0. The van der Waals surface area contributed by atoms with Gasteiger partial charge in [-0.25, -0.2) is 0 Å². The van der Waals surface area contributed by atoms with Crippen LogP contribution in [0.15, 0.2) is 0 Å². The average molecular weight is 271 g/mol. The third-order valence-corrected chi connectivity index (χ3v) is 2.89. The maximum Gasteiger partial charge on any atom is 0 e. The molecule has 83 valence electrons. The van der Waals surface area contributed by atoms with Crippen LogP contribution in [0.25, 0.3) is 0 Å². The zero-order valence-corrected chi connectivity index (χ0v) is 13.4. The summed E-state index contributed by atoms with van der Waals surface area (Å²) in [5.74, 6) is 0. The van der Waals surface area contributed by atoms with Gasteiger partial charge in [0.2, 0.25) is 0 Å². The molecular weight excluding hydrogens is 245 g/mol. The first kappa shape index (κ1) is 17.5. The Balaban J connectivity index is 0. The molecule has 0 amide bonds. The van der Waals surface area contributed by atoms with E-state index < -0.39 is 0 Å². The van der Waals surface area contributed by atoms with Gasteiger partial charge < -0.3 is 13.8 Å². The summed E-state index contributed by atoms with van der Waals surface area (Å²) < 4.78 is 0. The number of hydrogen-bond acceptors (Lipinski definition) is 0. The van der Waals surface area contributed by atoms with Gasteiger partial charge in [0, 0.05) is 32.7 Å². The number of rotatable bonds is 2. The normalized spacial score (nSPS) is 28.7. The SMILES string of the molecule is CC.[CH2-]CCC1([CH2-])CCC(C)(C)C1.[Y]. The molecule has 1 aliphatic rings. The van der Waals surface area contributed by atoms with E-state index in [4.69, 9.17) is 0 Å². The fourth-order valence-corrected chi connectivity index (χ4v) is 2.38. The van der Waals surface area contributed by atoms with Gasteiger partial charge >= 0.3 is 0 Å². The summed E-state index contributed by atoms with van der Waals surface area (Å²) >= 11 is 0. The Bertz CT molecular complexity index is 140. The Kier molecular flexibility index (Phi) is 9.23. The molecule has 1 aliphatic carbocycles. The first-order chi connectivity index (χ1) is 5.97. The summed E-state index contributed by atoms with van der Waals surface area (Å²) in [5.41, 5.74) is 0.905. The van der Waals surface area contributed by atoms with E-state index in [2.05, 4.69) is 27.7 Å². The van der Waals surface area contributed by atoms with Crippen LogP contribution in [-0.2, 0) is 32.7 Å². The van der Waals surface area contributed by atoms with Crippen molar-refractivity contribution in [1.82, 2.24) is 0 Å². The Hall–Kier alpha value is 1.10. The Morgan fingerprint density at radius 3 is 1.93 bits per heavy atom. The minimum atomic E-state index is 0. The molecule has 0 heterocycles. The molecule has 1 atom stereocenters. The minimum Gasteiger partial charge on any atom is -0.343 e. The van der Waals surface area contributed by atoms with Gasteiger partial charge in [0.25, 0.3) is 0 Å².